The quantitative estimate of drug-likeness (QED) is 0.287. The number of nitrogens with one attached hydrogen (secondary N) is 1. The van der Waals surface area contributed by atoms with Crippen LogP contribution in [0.4, 0.5) is 0 Å². The third-order valence-electron chi connectivity index (χ3n) is 4.90. The van der Waals surface area contributed by atoms with Crippen LogP contribution in [0.2, 0.25) is 0 Å². The van der Waals surface area contributed by atoms with Gasteiger partial charge in [-0.3, -0.25) is 4.99 Å². The molecule has 0 spiro atoms. The molecule has 0 aromatic rings. The monoisotopic (exact) mass is 422 g/mol. The van der Waals surface area contributed by atoms with Gasteiger partial charge in [0.25, 0.3) is 0 Å². The van der Waals surface area contributed by atoms with Crippen molar-refractivity contribution in [2.24, 2.45) is 28.5 Å². The number of unbranched alkanes of at least 4 members (excludes halogenated alkanes) is 1. The van der Waals surface area contributed by atoms with Crippen molar-refractivity contribution in [2.75, 3.05) is 32.7 Å². The number of piperidine rings is 1. The molecule has 1 aliphatic carbocycles. The lowest BCUT2D eigenvalue weighted by molar-refractivity contribution is 0.139. The molecule has 0 radical (unpaired) electrons. The minimum atomic E-state index is 0. The van der Waals surface area contributed by atoms with Gasteiger partial charge in [-0.05, 0) is 56.4 Å². The number of hydrogen-bond donors (Lipinski definition) is 2. The first-order valence-electron chi connectivity index (χ1n) is 8.89. The zero-order valence-corrected chi connectivity index (χ0v) is 16.7. The summed E-state index contributed by atoms with van der Waals surface area (Å²) in [5.41, 5.74) is 5.89. The molecule has 1 heterocycles. The van der Waals surface area contributed by atoms with Crippen molar-refractivity contribution >= 4 is 29.9 Å². The molecule has 0 amide bonds. The maximum atomic E-state index is 5.89. The maximum Gasteiger partial charge on any atom is 0.188 e. The smallest absolute Gasteiger partial charge is 0.188 e. The van der Waals surface area contributed by atoms with Crippen LogP contribution in [-0.4, -0.2) is 43.6 Å². The first kappa shape index (κ1) is 20.0. The van der Waals surface area contributed by atoms with E-state index in [1.165, 1.54) is 58.2 Å². The molecule has 1 aliphatic heterocycles. The second-order valence-corrected chi connectivity index (χ2v) is 7.36. The largest absolute Gasteiger partial charge is 0.370 e. The van der Waals surface area contributed by atoms with Gasteiger partial charge >= 0.3 is 0 Å². The molecule has 2 atom stereocenters. The first-order valence-corrected chi connectivity index (χ1v) is 8.89. The Morgan fingerprint density at radius 1 is 1.18 bits per heavy atom. The fraction of sp³-hybridized carbons (Fsp3) is 0.941. The number of likely N-dealkylation sites (tertiary alicyclic amines) is 1. The minimum absolute atomic E-state index is 0. The number of rotatable bonds is 7. The second kappa shape index (κ2) is 10.7. The van der Waals surface area contributed by atoms with Crippen LogP contribution in [0.3, 0.4) is 0 Å². The standard InChI is InChI=1S/C17H34N4.HI/c1-14-10-15(2)13-21(12-14)9-4-3-8-19-17(18)20-11-16-6-5-7-16;/h14-16H,3-13H2,1-2H3,(H3,18,19,20);1H. The summed E-state index contributed by atoms with van der Waals surface area (Å²) in [5.74, 6) is 3.16. The summed E-state index contributed by atoms with van der Waals surface area (Å²) in [4.78, 5) is 7.06. The van der Waals surface area contributed by atoms with Crippen molar-refractivity contribution in [2.45, 2.75) is 52.4 Å². The van der Waals surface area contributed by atoms with E-state index >= 15 is 0 Å². The highest BCUT2D eigenvalue weighted by Gasteiger charge is 2.20. The molecule has 4 nitrogen and oxygen atoms in total. The molecule has 0 bridgehead atoms. The lowest BCUT2D eigenvalue weighted by Crippen LogP contribution is -2.39. The summed E-state index contributed by atoms with van der Waals surface area (Å²) in [6.07, 6.45) is 7.88. The highest BCUT2D eigenvalue weighted by Crippen LogP contribution is 2.26. The average molecular weight is 422 g/mol. The van der Waals surface area contributed by atoms with Gasteiger partial charge in [-0.2, -0.15) is 0 Å². The summed E-state index contributed by atoms with van der Waals surface area (Å²) >= 11 is 0. The Labute approximate surface area is 153 Å². The SMILES string of the molecule is CC1CC(C)CN(CCCCNC(N)=NCC2CCC2)C1.I. The molecular weight excluding hydrogens is 387 g/mol. The molecule has 0 aromatic carbocycles. The number of nitrogens with two attached hydrogens (primary N) is 1. The van der Waals surface area contributed by atoms with Crippen molar-refractivity contribution in [3.8, 4) is 0 Å². The molecule has 2 aliphatic rings. The van der Waals surface area contributed by atoms with E-state index in [0.717, 1.165) is 30.8 Å². The third-order valence-corrected chi connectivity index (χ3v) is 4.90. The molecule has 2 unspecified atom stereocenters. The van der Waals surface area contributed by atoms with E-state index in [1.54, 1.807) is 0 Å². The summed E-state index contributed by atoms with van der Waals surface area (Å²) < 4.78 is 0. The zero-order valence-electron chi connectivity index (χ0n) is 14.4. The molecule has 2 fully saturated rings. The predicted molar refractivity (Wildman–Crippen MR) is 106 cm³/mol. The molecule has 22 heavy (non-hydrogen) atoms. The van der Waals surface area contributed by atoms with Crippen LogP contribution < -0.4 is 11.1 Å². The van der Waals surface area contributed by atoms with Crippen molar-refractivity contribution in [1.82, 2.24) is 10.2 Å². The Morgan fingerprint density at radius 2 is 1.86 bits per heavy atom. The summed E-state index contributed by atoms with van der Waals surface area (Å²) in [5, 5.41) is 3.25. The maximum absolute atomic E-state index is 5.89. The van der Waals surface area contributed by atoms with Gasteiger partial charge in [0.15, 0.2) is 5.96 Å². The van der Waals surface area contributed by atoms with Crippen LogP contribution in [0.5, 0.6) is 0 Å². The van der Waals surface area contributed by atoms with Gasteiger partial charge < -0.3 is 16.0 Å². The Hall–Kier alpha value is -0.0400. The van der Waals surface area contributed by atoms with Gasteiger partial charge in [-0.25, -0.2) is 0 Å². The van der Waals surface area contributed by atoms with Crippen LogP contribution in [0, 0.1) is 17.8 Å². The number of aliphatic imine (C=N–C) groups is 1. The number of nitrogens with zero attached hydrogens (tertiary/aromatic N) is 2. The molecular formula is C17H35IN4. The van der Waals surface area contributed by atoms with Crippen molar-refractivity contribution < 1.29 is 0 Å². The highest BCUT2D eigenvalue weighted by atomic mass is 127. The fourth-order valence-corrected chi connectivity index (χ4v) is 3.61. The fourth-order valence-electron chi connectivity index (χ4n) is 3.61. The van der Waals surface area contributed by atoms with Gasteiger partial charge in [-0.1, -0.05) is 20.3 Å². The van der Waals surface area contributed by atoms with E-state index in [-0.39, 0.29) is 24.0 Å². The molecule has 2 rings (SSSR count). The summed E-state index contributed by atoms with van der Waals surface area (Å²) in [7, 11) is 0. The second-order valence-electron chi connectivity index (χ2n) is 7.36. The van der Waals surface area contributed by atoms with Crippen molar-refractivity contribution in [3.63, 3.8) is 0 Å². The molecule has 5 heteroatoms. The Morgan fingerprint density at radius 3 is 2.45 bits per heavy atom. The highest BCUT2D eigenvalue weighted by molar-refractivity contribution is 14.0. The molecule has 130 valence electrons. The number of guanidine groups is 1. The van der Waals surface area contributed by atoms with Gasteiger partial charge in [0.2, 0.25) is 0 Å². The predicted octanol–water partition coefficient (Wildman–Crippen LogP) is 3.07. The van der Waals surface area contributed by atoms with E-state index in [4.69, 9.17) is 5.73 Å². The van der Waals surface area contributed by atoms with Crippen molar-refractivity contribution in [3.05, 3.63) is 0 Å². The van der Waals surface area contributed by atoms with Crippen LogP contribution in [0.25, 0.3) is 0 Å². The number of hydrogen-bond acceptors (Lipinski definition) is 2. The molecule has 3 N–H and O–H groups in total. The van der Waals surface area contributed by atoms with Crippen LogP contribution in [0.15, 0.2) is 4.99 Å². The van der Waals surface area contributed by atoms with Gasteiger partial charge in [0.05, 0.1) is 0 Å². The lowest BCUT2D eigenvalue weighted by atomic mass is 9.86. The normalized spacial score (nSPS) is 27.1. The first-order chi connectivity index (χ1) is 10.1. The van der Waals surface area contributed by atoms with E-state index in [2.05, 4.69) is 29.1 Å². The van der Waals surface area contributed by atoms with E-state index in [1.807, 2.05) is 0 Å². The summed E-state index contributed by atoms with van der Waals surface area (Å²) in [6.45, 7) is 10.4. The zero-order chi connectivity index (χ0) is 15.1. The third kappa shape index (κ3) is 7.49. The van der Waals surface area contributed by atoms with Crippen LogP contribution in [0.1, 0.15) is 52.4 Å². The average Bonchev–Trinajstić information content (AvgIpc) is 2.35. The topological polar surface area (TPSA) is 53.6 Å². The minimum Gasteiger partial charge on any atom is -0.370 e. The van der Waals surface area contributed by atoms with Gasteiger partial charge in [0, 0.05) is 26.2 Å². The van der Waals surface area contributed by atoms with Gasteiger partial charge in [-0.15, -0.1) is 24.0 Å². The van der Waals surface area contributed by atoms with E-state index in [0.29, 0.717) is 5.96 Å². The number of halogens is 1. The van der Waals surface area contributed by atoms with Crippen LogP contribution in [-0.2, 0) is 0 Å². The summed E-state index contributed by atoms with van der Waals surface area (Å²) in [6, 6.07) is 0. The Balaban J connectivity index is 0.00000242. The van der Waals surface area contributed by atoms with Gasteiger partial charge in [0.1, 0.15) is 0 Å². The molecule has 1 saturated heterocycles. The Bertz CT molecular complexity index is 321. The lowest BCUT2D eigenvalue weighted by Gasteiger charge is -2.34. The van der Waals surface area contributed by atoms with E-state index in [9.17, 15) is 0 Å². The van der Waals surface area contributed by atoms with E-state index < -0.39 is 0 Å². The van der Waals surface area contributed by atoms with Crippen molar-refractivity contribution in [1.29, 1.82) is 0 Å². The Kier molecular flexibility index (Phi) is 9.71. The molecule has 0 aromatic heterocycles. The van der Waals surface area contributed by atoms with Crippen LogP contribution >= 0.6 is 24.0 Å². The molecule has 1 saturated carbocycles.